The van der Waals surface area contributed by atoms with Crippen LogP contribution in [0.5, 0.6) is 0 Å². The number of nitrogens with zero attached hydrogens (tertiary/aromatic N) is 1. The minimum Gasteiger partial charge on any atom is -0.403 e. The topological polar surface area (TPSA) is 55.3 Å². The molecule has 0 aliphatic heterocycles. The first-order chi connectivity index (χ1) is 11.2. The molecule has 0 bridgehead atoms. The van der Waals surface area contributed by atoms with Gasteiger partial charge in [0.25, 0.3) is 0 Å². The van der Waals surface area contributed by atoms with Crippen LogP contribution in [0.4, 0.5) is 0 Å². The number of nitrogens with two attached hydrogens (primary N) is 2. The highest BCUT2D eigenvalue weighted by molar-refractivity contribution is 5.69. The average molecular weight is 307 g/mol. The minimum absolute atomic E-state index is 0.404. The number of aryl methyl sites for hydroxylation is 1. The molecule has 0 unspecified atom stereocenters. The van der Waals surface area contributed by atoms with Gasteiger partial charge in [-0.3, -0.25) is 0 Å². The maximum Gasteiger partial charge on any atom is 0.0747 e. The van der Waals surface area contributed by atoms with E-state index in [2.05, 4.69) is 55.5 Å². The van der Waals surface area contributed by atoms with Gasteiger partial charge in [-0.2, -0.15) is 0 Å². The monoisotopic (exact) mass is 307 g/mol. The van der Waals surface area contributed by atoms with Crippen LogP contribution in [0.1, 0.15) is 36.8 Å². The predicted molar refractivity (Wildman–Crippen MR) is 97.1 cm³/mol. The van der Waals surface area contributed by atoms with Crippen molar-refractivity contribution in [3.05, 3.63) is 65.9 Å². The van der Waals surface area contributed by atoms with Crippen molar-refractivity contribution in [2.75, 3.05) is 0 Å². The second kappa shape index (κ2) is 6.88. The molecule has 1 fully saturated rings. The number of hydrogen-bond acceptors (Lipinski definition) is 3. The van der Waals surface area contributed by atoms with Crippen LogP contribution in [0.15, 0.2) is 54.7 Å². The van der Waals surface area contributed by atoms with Crippen molar-refractivity contribution in [1.29, 1.82) is 0 Å². The molecule has 4 N–H and O–H groups in total. The lowest BCUT2D eigenvalue weighted by atomic mass is 10.0. The zero-order chi connectivity index (χ0) is 16.2. The van der Waals surface area contributed by atoms with E-state index in [-0.39, 0.29) is 0 Å². The van der Waals surface area contributed by atoms with Gasteiger partial charge in [-0.05, 0) is 30.9 Å². The molecule has 2 aromatic rings. The predicted octanol–water partition coefficient (Wildman–Crippen LogP) is 4.04. The number of benzene rings is 2. The van der Waals surface area contributed by atoms with Crippen molar-refractivity contribution in [2.45, 2.75) is 38.6 Å². The molecule has 2 aromatic carbocycles. The van der Waals surface area contributed by atoms with Crippen molar-refractivity contribution in [1.82, 2.24) is 5.01 Å². The van der Waals surface area contributed by atoms with Crippen molar-refractivity contribution >= 4 is 5.70 Å². The molecule has 1 aliphatic rings. The summed E-state index contributed by atoms with van der Waals surface area (Å²) < 4.78 is 0. The zero-order valence-corrected chi connectivity index (χ0v) is 13.7. The first-order valence-corrected chi connectivity index (χ1v) is 8.32. The summed E-state index contributed by atoms with van der Waals surface area (Å²) in [5.74, 6) is 6.32. The van der Waals surface area contributed by atoms with Gasteiger partial charge < -0.3 is 10.7 Å². The second-order valence-electron chi connectivity index (χ2n) is 6.34. The lowest BCUT2D eigenvalue weighted by Crippen LogP contribution is -2.38. The Morgan fingerprint density at radius 1 is 0.957 bits per heavy atom. The Hall–Kier alpha value is -2.26. The van der Waals surface area contributed by atoms with E-state index in [1.54, 1.807) is 6.20 Å². The molecule has 0 heterocycles. The molecular weight excluding hydrogens is 282 g/mol. The Bertz CT molecular complexity index is 665. The third-order valence-corrected chi connectivity index (χ3v) is 4.72. The van der Waals surface area contributed by atoms with Crippen LogP contribution < -0.4 is 11.6 Å². The first-order valence-electron chi connectivity index (χ1n) is 8.32. The van der Waals surface area contributed by atoms with Gasteiger partial charge in [0.15, 0.2) is 0 Å². The summed E-state index contributed by atoms with van der Waals surface area (Å²) in [5, 5.41) is 1.86. The molecule has 23 heavy (non-hydrogen) atoms. The molecule has 3 nitrogen and oxygen atoms in total. The van der Waals surface area contributed by atoms with E-state index < -0.39 is 0 Å². The van der Waals surface area contributed by atoms with E-state index in [9.17, 15) is 0 Å². The van der Waals surface area contributed by atoms with Gasteiger partial charge in [0.05, 0.1) is 5.70 Å². The van der Waals surface area contributed by atoms with Crippen LogP contribution in [0.25, 0.3) is 16.8 Å². The quantitative estimate of drug-likeness (QED) is 0.662. The molecule has 0 aromatic heterocycles. The Morgan fingerprint density at radius 2 is 1.48 bits per heavy atom. The van der Waals surface area contributed by atoms with Crippen molar-refractivity contribution in [3.8, 4) is 11.1 Å². The standard InChI is InChI=1S/C20H25N3/c1-15-6-8-16(9-7-15)17-10-12-18(13-11-17)20(14-21)23(22)19-4-2-3-5-19/h6-14,19H,2-5,21-22H2,1H3/b20-14-. The Balaban J connectivity index is 1.81. The number of hydrazine groups is 1. The van der Waals surface area contributed by atoms with E-state index in [0.29, 0.717) is 6.04 Å². The largest absolute Gasteiger partial charge is 0.403 e. The lowest BCUT2D eigenvalue weighted by molar-refractivity contribution is 0.306. The highest BCUT2D eigenvalue weighted by Crippen LogP contribution is 2.28. The molecule has 0 saturated heterocycles. The number of rotatable bonds is 4. The summed E-state index contributed by atoms with van der Waals surface area (Å²) in [6, 6.07) is 17.4. The highest BCUT2D eigenvalue weighted by Gasteiger charge is 2.22. The van der Waals surface area contributed by atoms with Gasteiger partial charge in [-0.25, -0.2) is 5.84 Å². The molecule has 120 valence electrons. The van der Waals surface area contributed by atoms with Gasteiger partial charge in [-0.1, -0.05) is 66.9 Å². The highest BCUT2D eigenvalue weighted by atomic mass is 15.4. The smallest absolute Gasteiger partial charge is 0.0747 e. The van der Waals surface area contributed by atoms with Crippen molar-refractivity contribution in [3.63, 3.8) is 0 Å². The maximum absolute atomic E-state index is 6.32. The van der Waals surface area contributed by atoms with Crippen molar-refractivity contribution in [2.24, 2.45) is 11.6 Å². The van der Waals surface area contributed by atoms with E-state index in [4.69, 9.17) is 11.6 Å². The molecular formula is C20H25N3. The molecule has 0 amide bonds. The fourth-order valence-corrected chi connectivity index (χ4v) is 3.29. The Morgan fingerprint density at radius 3 is 2.00 bits per heavy atom. The third kappa shape index (κ3) is 3.40. The Kier molecular flexibility index (Phi) is 4.68. The van der Waals surface area contributed by atoms with Crippen LogP contribution in [-0.4, -0.2) is 11.1 Å². The first kappa shape index (κ1) is 15.6. The molecule has 0 atom stereocenters. The van der Waals surface area contributed by atoms with Gasteiger partial charge >= 0.3 is 0 Å². The SMILES string of the molecule is Cc1ccc(-c2ccc(/C(=C/N)N(N)C3CCCC3)cc2)cc1. The van der Waals surface area contributed by atoms with Crippen molar-refractivity contribution < 1.29 is 0 Å². The molecule has 3 rings (SSSR count). The maximum atomic E-state index is 6.32. The Labute approximate surface area is 138 Å². The van der Waals surface area contributed by atoms with Crippen LogP contribution in [0.3, 0.4) is 0 Å². The average Bonchev–Trinajstić information content (AvgIpc) is 3.11. The van der Waals surface area contributed by atoms with Gasteiger partial charge in [-0.15, -0.1) is 0 Å². The van der Waals surface area contributed by atoms with Crippen LogP contribution in [0, 0.1) is 6.92 Å². The fourth-order valence-electron chi connectivity index (χ4n) is 3.29. The zero-order valence-electron chi connectivity index (χ0n) is 13.7. The summed E-state index contributed by atoms with van der Waals surface area (Å²) >= 11 is 0. The summed E-state index contributed by atoms with van der Waals surface area (Å²) in [6.07, 6.45) is 6.43. The van der Waals surface area contributed by atoms with E-state index in [0.717, 1.165) is 24.1 Å². The van der Waals surface area contributed by atoms with Gasteiger partial charge in [0, 0.05) is 17.8 Å². The summed E-state index contributed by atoms with van der Waals surface area (Å²) in [4.78, 5) is 0. The van der Waals surface area contributed by atoms with Crippen LogP contribution >= 0.6 is 0 Å². The summed E-state index contributed by atoms with van der Waals surface area (Å²) in [7, 11) is 0. The summed E-state index contributed by atoms with van der Waals surface area (Å²) in [5.41, 5.74) is 11.5. The van der Waals surface area contributed by atoms with E-state index in [1.165, 1.54) is 29.5 Å². The second-order valence-corrected chi connectivity index (χ2v) is 6.34. The minimum atomic E-state index is 0.404. The van der Waals surface area contributed by atoms with E-state index >= 15 is 0 Å². The van der Waals surface area contributed by atoms with Crippen LogP contribution in [0.2, 0.25) is 0 Å². The van der Waals surface area contributed by atoms with E-state index in [1.807, 2.05) is 5.01 Å². The summed E-state index contributed by atoms with van der Waals surface area (Å²) in [6.45, 7) is 2.10. The molecule has 1 saturated carbocycles. The third-order valence-electron chi connectivity index (χ3n) is 4.72. The van der Waals surface area contributed by atoms with Crippen LogP contribution in [-0.2, 0) is 0 Å². The fraction of sp³-hybridized carbons (Fsp3) is 0.300. The molecule has 0 spiro atoms. The normalized spacial score (nSPS) is 15.8. The molecule has 0 radical (unpaired) electrons. The van der Waals surface area contributed by atoms with Gasteiger partial charge in [0.1, 0.15) is 0 Å². The molecule has 1 aliphatic carbocycles. The molecule has 3 heteroatoms. The van der Waals surface area contributed by atoms with Gasteiger partial charge in [0.2, 0.25) is 0 Å². The number of hydrogen-bond donors (Lipinski definition) is 2. The lowest BCUT2D eigenvalue weighted by Gasteiger charge is -2.28.